The molecule has 1 saturated heterocycles. The van der Waals surface area contributed by atoms with Crippen molar-refractivity contribution in [3.05, 3.63) is 53.1 Å². The molecule has 0 aliphatic carbocycles. The molecule has 0 radical (unpaired) electrons. The van der Waals surface area contributed by atoms with Gasteiger partial charge in [0.1, 0.15) is 17.9 Å². The highest BCUT2D eigenvalue weighted by Crippen LogP contribution is 2.33. The van der Waals surface area contributed by atoms with Crippen LogP contribution in [-0.2, 0) is 22.7 Å². The Balaban J connectivity index is 1.83. The summed E-state index contributed by atoms with van der Waals surface area (Å²) >= 11 is 0. The molecule has 0 spiro atoms. The van der Waals surface area contributed by atoms with E-state index in [1.807, 2.05) is 13.0 Å². The minimum Gasteiger partial charge on any atom is -0.486 e. The summed E-state index contributed by atoms with van der Waals surface area (Å²) < 4.78 is 7.08. The normalized spacial score (nSPS) is 16.1. The second-order valence-corrected chi connectivity index (χ2v) is 9.76. The number of ketones is 1. The number of nitrogens with one attached hydrogen (secondary N) is 1. The van der Waals surface area contributed by atoms with Gasteiger partial charge in [0.25, 0.3) is 5.91 Å². The average Bonchev–Trinajstić information content (AvgIpc) is 3.27. The van der Waals surface area contributed by atoms with Gasteiger partial charge in [-0.3, -0.25) is 14.3 Å². The van der Waals surface area contributed by atoms with Crippen LogP contribution in [0.2, 0.25) is 0 Å². The molecule has 2 heterocycles. The van der Waals surface area contributed by atoms with Gasteiger partial charge >= 0.3 is 6.03 Å². The van der Waals surface area contributed by atoms with E-state index in [0.717, 1.165) is 21.4 Å². The number of anilines is 1. The molecule has 9 nitrogen and oxygen atoms in total. The van der Waals surface area contributed by atoms with Gasteiger partial charge in [0.2, 0.25) is 0 Å². The molecular weight excluding hydrogens is 453 g/mol. The molecule has 180 valence electrons. The second-order valence-electron chi connectivity index (χ2n) is 8.89. The van der Waals surface area contributed by atoms with Gasteiger partial charge in [0, 0.05) is 18.5 Å². The van der Waals surface area contributed by atoms with Crippen molar-refractivity contribution in [1.29, 1.82) is 5.41 Å². The van der Waals surface area contributed by atoms with E-state index in [1.165, 1.54) is 18.0 Å². The van der Waals surface area contributed by atoms with Crippen LogP contribution in [0.4, 0.5) is 10.5 Å². The maximum absolute atomic E-state index is 13.4. The lowest BCUT2D eigenvalue weighted by Gasteiger charge is -2.27. The summed E-state index contributed by atoms with van der Waals surface area (Å²) in [6.45, 7) is 9.02. The first kappa shape index (κ1) is 25.3. The molecule has 10 heteroatoms. The van der Waals surface area contributed by atoms with Crippen molar-refractivity contribution in [3.63, 3.8) is 0 Å². The molecule has 1 N–H and O–H groups in total. The molecule has 1 aromatic heterocycles. The molecule has 3 rings (SSSR count). The predicted octanol–water partition coefficient (Wildman–Crippen LogP) is 3.79. The van der Waals surface area contributed by atoms with Crippen molar-refractivity contribution in [2.75, 3.05) is 11.5 Å². The van der Waals surface area contributed by atoms with Gasteiger partial charge < -0.3 is 15.0 Å². The van der Waals surface area contributed by atoms with Crippen LogP contribution in [0.1, 0.15) is 40.2 Å². The molecule has 0 saturated carbocycles. The number of aromatic nitrogens is 2. The number of urea groups is 1. The Kier molecular flexibility index (Phi) is 7.36. The van der Waals surface area contributed by atoms with E-state index in [9.17, 15) is 14.4 Å². The summed E-state index contributed by atoms with van der Waals surface area (Å²) in [6, 6.07) is 6.69. The molecule has 1 fully saturated rings. The maximum Gasteiger partial charge on any atom is 0.332 e. The Hall–Kier alpha value is -3.32. The fraction of sp³-hybridized carbons (Fsp3) is 0.375. The molecule has 1 atom stereocenters. The molecule has 0 bridgehead atoms. The minimum absolute atomic E-state index is 0.0293. The van der Waals surface area contributed by atoms with Crippen LogP contribution < -0.4 is 9.64 Å². The number of rotatable bonds is 9. The van der Waals surface area contributed by atoms with Crippen LogP contribution in [0.25, 0.3) is 0 Å². The number of ether oxygens (including phenoxy) is 1. The van der Waals surface area contributed by atoms with Gasteiger partial charge in [-0.15, -0.1) is 9.24 Å². The van der Waals surface area contributed by atoms with Crippen LogP contribution in [0.3, 0.4) is 0 Å². The number of allylic oxidation sites excluding steroid dienone is 2. The van der Waals surface area contributed by atoms with E-state index in [4.69, 9.17) is 10.1 Å². The highest BCUT2D eigenvalue weighted by molar-refractivity contribution is 7.22. The van der Waals surface area contributed by atoms with Crippen molar-refractivity contribution < 1.29 is 19.1 Å². The summed E-state index contributed by atoms with van der Waals surface area (Å²) in [4.78, 5) is 40.5. The highest BCUT2D eigenvalue weighted by Gasteiger charge is 2.52. The van der Waals surface area contributed by atoms with Crippen molar-refractivity contribution in [2.24, 2.45) is 0 Å². The van der Waals surface area contributed by atoms with E-state index in [1.54, 1.807) is 49.8 Å². The van der Waals surface area contributed by atoms with E-state index >= 15 is 0 Å². The fourth-order valence-corrected chi connectivity index (χ4v) is 3.99. The quantitative estimate of drug-likeness (QED) is 0.332. The largest absolute Gasteiger partial charge is 0.486 e. The number of carbonyl (C=O) groups excluding carboxylic acids is 3. The zero-order valence-corrected chi connectivity index (χ0v) is 21.2. The SMILES string of the molecule is CC(=N)/C(Cn1cc(N2C(=O)N(Cc3cccc(OCC(C)=O)c3)C(C)(C)C2=O)cn1)=C(/C)P. The first-order valence-electron chi connectivity index (χ1n) is 10.8. The summed E-state index contributed by atoms with van der Waals surface area (Å²) in [5.41, 5.74) is 1.34. The van der Waals surface area contributed by atoms with Crippen molar-refractivity contribution in [2.45, 2.75) is 53.2 Å². The Morgan fingerprint density at radius 2 is 1.91 bits per heavy atom. The Labute approximate surface area is 201 Å². The topological polar surface area (TPSA) is 109 Å². The molecule has 1 unspecified atom stereocenters. The molecule has 1 aromatic carbocycles. The monoisotopic (exact) mass is 483 g/mol. The number of hydrogen-bond acceptors (Lipinski definition) is 6. The minimum atomic E-state index is -1.07. The smallest absolute Gasteiger partial charge is 0.332 e. The summed E-state index contributed by atoms with van der Waals surface area (Å²) in [7, 11) is 2.59. The Morgan fingerprint density at radius 3 is 2.53 bits per heavy atom. The first-order valence-corrected chi connectivity index (χ1v) is 11.4. The zero-order valence-electron chi connectivity index (χ0n) is 20.1. The molecule has 1 aliphatic rings. The lowest BCUT2D eigenvalue weighted by molar-refractivity contribution is -0.123. The maximum atomic E-state index is 13.4. The number of imide groups is 1. The molecule has 2 aromatic rings. The summed E-state index contributed by atoms with van der Waals surface area (Å²) in [6.07, 6.45) is 3.13. The predicted molar refractivity (Wildman–Crippen MR) is 133 cm³/mol. The van der Waals surface area contributed by atoms with Gasteiger partial charge in [-0.25, -0.2) is 9.69 Å². The third kappa shape index (κ3) is 5.25. The van der Waals surface area contributed by atoms with Crippen LogP contribution in [-0.4, -0.2) is 50.3 Å². The number of Topliss-reactive ketones (excluding diaryl/α,β-unsaturated/α-hetero) is 1. The van der Waals surface area contributed by atoms with Crippen LogP contribution in [0.5, 0.6) is 5.75 Å². The summed E-state index contributed by atoms with van der Waals surface area (Å²) in [5, 5.41) is 13.2. The molecule has 3 amide bonds. The number of benzene rings is 1. The zero-order chi connectivity index (χ0) is 25.2. The lowest BCUT2D eigenvalue weighted by Crippen LogP contribution is -2.43. The Bertz CT molecular complexity index is 1180. The van der Waals surface area contributed by atoms with Gasteiger partial charge in [-0.2, -0.15) is 5.10 Å². The van der Waals surface area contributed by atoms with E-state index < -0.39 is 11.6 Å². The standard InChI is InChI=1S/C24H30N5O4P/c1-15(30)14-33-20-8-6-7-18(9-20)11-28-23(32)29(22(31)24(28,4)5)19-10-26-27(12-19)13-21(16(2)25)17(3)34/h6-10,12,25H,11,13-14,34H2,1-5H3/b21-17-,25-16?. The summed E-state index contributed by atoms with van der Waals surface area (Å²) in [5.74, 6) is 0.0906. The van der Waals surface area contributed by atoms with E-state index in [2.05, 4.69) is 14.3 Å². The van der Waals surface area contributed by atoms with Gasteiger partial charge in [0.15, 0.2) is 5.78 Å². The number of hydrogen-bond donors (Lipinski definition) is 1. The second kappa shape index (κ2) is 9.89. The van der Waals surface area contributed by atoms with Crippen molar-refractivity contribution >= 4 is 38.4 Å². The number of carbonyl (C=O) groups is 3. The fourth-order valence-electron chi connectivity index (χ4n) is 3.69. The average molecular weight is 484 g/mol. The van der Waals surface area contributed by atoms with Gasteiger partial charge in [-0.05, 0) is 63.2 Å². The first-order chi connectivity index (χ1) is 15.9. The van der Waals surface area contributed by atoms with Crippen LogP contribution >= 0.6 is 9.24 Å². The number of nitrogens with zero attached hydrogens (tertiary/aromatic N) is 4. The van der Waals surface area contributed by atoms with Gasteiger partial charge in [-0.1, -0.05) is 12.1 Å². The van der Waals surface area contributed by atoms with E-state index in [0.29, 0.717) is 23.7 Å². The molecule has 1 aliphatic heterocycles. The third-order valence-electron chi connectivity index (χ3n) is 5.63. The van der Waals surface area contributed by atoms with Crippen molar-refractivity contribution in [3.8, 4) is 5.75 Å². The van der Waals surface area contributed by atoms with Crippen LogP contribution in [0, 0.1) is 5.41 Å². The Morgan fingerprint density at radius 1 is 1.21 bits per heavy atom. The molecular formula is C24H30N5O4P. The van der Waals surface area contributed by atoms with Gasteiger partial charge in [0.05, 0.1) is 18.4 Å². The van der Waals surface area contributed by atoms with Crippen molar-refractivity contribution in [1.82, 2.24) is 14.7 Å². The number of amides is 3. The lowest BCUT2D eigenvalue weighted by atomic mass is 10.0. The highest BCUT2D eigenvalue weighted by atomic mass is 31.0. The third-order valence-corrected chi connectivity index (χ3v) is 5.98. The van der Waals surface area contributed by atoms with Crippen LogP contribution in [0.15, 0.2) is 47.5 Å². The molecule has 34 heavy (non-hydrogen) atoms. The van der Waals surface area contributed by atoms with E-state index in [-0.39, 0.29) is 24.8 Å².